The van der Waals surface area contributed by atoms with E-state index in [-0.39, 0.29) is 24.0 Å². The normalized spacial score (nSPS) is 10.6. The Morgan fingerprint density at radius 3 is 2.53 bits per heavy atom. The maximum Gasteiger partial charge on any atom is 0.269 e. The van der Waals surface area contributed by atoms with Crippen molar-refractivity contribution in [2.24, 2.45) is 0 Å². The summed E-state index contributed by atoms with van der Waals surface area (Å²) in [5.41, 5.74) is 2.03. The fourth-order valence-corrected chi connectivity index (χ4v) is 3.57. The quantitative estimate of drug-likeness (QED) is 0.240. The number of hydrogen-bond acceptors (Lipinski definition) is 5. The molecule has 8 nitrogen and oxygen atoms in total. The van der Waals surface area contributed by atoms with Gasteiger partial charge in [-0.2, -0.15) is 5.10 Å². The van der Waals surface area contributed by atoms with Gasteiger partial charge in [0, 0.05) is 23.9 Å². The minimum absolute atomic E-state index is 0.0164. The summed E-state index contributed by atoms with van der Waals surface area (Å²) < 4.78 is 21.0. The van der Waals surface area contributed by atoms with Crippen LogP contribution in [0.15, 0.2) is 83.5 Å². The molecular formula is C24H18BrFN4O4. The lowest BCUT2D eigenvalue weighted by Gasteiger charge is -2.08. The SMILES string of the molecule is O=C(Nc1nn(Cc2ccc(F)cc2)cc1Br)c1cccc(COc2ccc([N+](=O)[O-])cc2)c1. The third kappa shape index (κ3) is 5.84. The van der Waals surface area contributed by atoms with Crippen LogP contribution in [0.3, 0.4) is 0 Å². The Bertz CT molecular complexity index is 1320. The number of anilines is 1. The van der Waals surface area contributed by atoms with Crippen LogP contribution in [0, 0.1) is 15.9 Å². The summed E-state index contributed by atoms with van der Waals surface area (Å²) in [6, 6.07) is 18.8. The van der Waals surface area contributed by atoms with E-state index in [2.05, 4.69) is 26.3 Å². The number of halogens is 2. The van der Waals surface area contributed by atoms with Crippen molar-refractivity contribution in [2.45, 2.75) is 13.2 Å². The molecule has 34 heavy (non-hydrogen) atoms. The fraction of sp³-hybridized carbons (Fsp3) is 0.0833. The van der Waals surface area contributed by atoms with Crippen LogP contribution in [-0.4, -0.2) is 20.6 Å². The lowest BCUT2D eigenvalue weighted by molar-refractivity contribution is -0.384. The molecule has 0 atom stereocenters. The summed E-state index contributed by atoms with van der Waals surface area (Å²) >= 11 is 3.40. The number of nitrogens with one attached hydrogen (secondary N) is 1. The molecule has 0 aliphatic rings. The van der Waals surface area contributed by atoms with Crippen LogP contribution >= 0.6 is 15.9 Å². The number of rotatable bonds is 8. The highest BCUT2D eigenvalue weighted by atomic mass is 79.9. The number of carbonyl (C=O) groups is 1. The molecule has 0 spiro atoms. The number of aromatic nitrogens is 2. The van der Waals surface area contributed by atoms with Gasteiger partial charge in [-0.1, -0.05) is 24.3 Å². The first kappa shape index (κ1) is 23.1. The average Bonchev–Trinajstić information content (AvgIpc) is 3.18. The topological polar surface area (TPSA) is 99.3 Å². The second-order valence-corrected chi connectivity index (χ2v) is 8.20. The van der Waals surface area contributed by atoms with Crippen molar-refractivity contribution in [2.75, 3.05) is 5.32 Å². The molecule has 0 aliphatic heterocycles. The Kier molecular flexibility index (Phi) is 6.98. The number of nitrogens with zero attached hydrogens (tertiary/aromatic N) is 3. The monoisotopic (exact) mass is 524 g/mol. The molecule has 0 unspecified atom stereocenters. The number of non-ortho nitro benzene ring substituents is 1. The van der Waals surface area contributed by atoms with Gasteiger partial charge < -0.3 is 10.1 Å². The Morgan fingerprint density at radius 2 is 1.82 bits per heavy atom. The van der Waals surface area contributed by atoms with E-state index in [4.69, 9.17) is 4.74 Å². The van der Waals surface area contributed by atoms with Crippen molar-refractivity contribution in [3.63, 3.8) is 0 Å². The van der Waals surface area contributed by atoms with E-state index in [1.54, 1.807) is 41.2 Å². The summed E-state index contributed by atoms with van der Waals surface area (Å²) in [6.07, 6.45) is 1.73. The minimum Gasteiger partial charge on any atom is -0.489 e. The molecule has 1 amide bonds. The van der Waals surface area contributed by atoms with Gasteiger partial charge in [-0.15, -0.1) is 0 Å². The predicted octanol–water partition coefficient (Wildman–Crippen LogP) is 5.57. The Morgan fingerprint density at radius 1 is 1.09 bits per heavy atom. The highest BCUT2D eigenvalue weighted by Gasteiger charge is 2.13. The van der Waals surface area contributed by atoms with Gasteiger partial charge in [-0.05, 0) is 63.5 Å². The molecule has 0 saturated heterocycles. The number of carbonyl (C=O) groups excluding carboxylic acids is 1. The Hall–Kier alpha value is -4.05. The molecule has 0 radical (unpaired) electrons. The molecule has 0 saturated carbocycles. The van der Waals surface area contributed by atoms with Crippen LogP contribution < -0.4 is 10.1 Å². The fourth-order valence-electron chi connectivity index (χ4n) is 3.15. The van der Waals surface area contributed by atoms with Crippen LogP contribution in [0.2, 0.25) is 0 Å². The van der Waals surface area contributed by atoms with Crippen molar-refractivity contribution in [1.82, 2.24) is 9.78 Å². The Balaban J connectivity index is 1.38. The Labute approximate surface area is 202 Å². The third-order valence-corrected chi connectivity index (χ3v) is 5.43. The molecule has 1 aromatic heterocycles. The van der Waals surface area contributed by atoms with E-state index in [0.29, 0.717) is 28.1 Å². The van der Waals surface area contributed by atoms with Crippen LogP contribution in [-0.2, 0) is 13.2 Å². The zero-order chi connectivity index (χ0) is 24.1. The molecule has 3 aromatic carbocycles. The van der Waals surface area contributed by atoms with Gasteiger partial charge in [0.25, 0.3) is 11.6 Å². The predicted molar refractivity (Wildman–Crippen MR) is 127 cm³/mol. The van der Waals surface area contributed by atoms with Gasteiger partial charge in [0.05, 0.1) is 15.9 Å². The van der Waals surface area contributed by atoms with E-state index in [9.17, 15) is 19.3 Å². The first-order valence-electron chi connectivity index (χ1n) is 10.1. The second kappa shape index (κ2) is 10.3. The van der Waals surface area contributed by atoms with Gasteiger partial charge in [0.1, 0.15) is 18.2 Å². The maximum absolute atomic E-state index is 13.1. The third-order valence-electron chi connectivity index (χ3n) is 4.85. The van der Waals surface area contributed by atoms with Crippen LogP contribution in [0.5, 0.6) is 5.75 Å². The average molecular weight is 525 g/mol. The lowest BCUT2D eigenvalue weighted by Crippen LogP contribution is -2.13. The summed E-state index contributed by atoms with van der Waals surface area (Å²) in [4.78, 5) is 23.0. The molecule has 4 rings (SSSR count). The zero-order valence-corrected chi connectivity index (χ0v) is 19.2. The van der Waals surface area contributed by atoms with E-state index < -0.39 is 4.92 Å². The molecule has 1 heterocycles. The van der Waals surface area contributed by atoms with E-state index in [1.165, 1.54) is 36.4 Å². The highest BCUT2D eigenvalue weighted by Crippen LogP contribution is 2.22. The summed E-state index contributed by atoms with van der Waals surface area (Å²) in [5.74, 6) is 0.194. The standard InChI is InChI=1S/C24H18BrFN4O4/c25-22-14-29(13-16-4-6-19(26)7-5-16)28-23(22)27-24(31)18-3-1-2-17(12-18)15-34-21-10-8-20(9-11-21)30(32)33/h1-12,14H,13,15H2,(H,27,28,31). The van der Waals surface area contributed by atoms with Crippen LogP contribution in [0.1, 0.15) is 21.5 Å². The van der Waals surface area contributed by atoms with Gasteiger partial charge in [0.15, 0.2) is 5.82 Å². The van der Waals surface area contributed by atoms with Gasteiger partial charge in [-0.3, -0.25) is 19.6 Å². The van der Waals surface area contributed by atoms with Gasteiger partial charge in [0.2, 0.25) is 0 Å². The minimum atomic E-state index is -0.476. The smallest absolute Gasteiger partial charge is 0.269 e. The molecule has 172 valence electrons. The number of hydrogen-bond donors (Lipinski definition) is 1. The van der Waals surface area contributed by atoms with Crippen molar-refractivity contribution in [3.8, 4) is 5.75 Å². The maximum atomic E-state index is 13.1. The number of benzene rings is 3. The molecule has 10 heteroatoms. The molecule has 0 aliphatic carbocycles. The number of ether oxygens (including phenoxy) is 1. The summed E-state index contributed by atoms with van der Waals surface area (Å²) in [5, 5.41) is 17.9. The van der Waals surface area contributed by atoms with Crippen LogP contribution in [0.4, 0.5) is 15.9 Å². The van der Waals surface area contributed by atoms with E-state index in [0.717, 1.165) is 11.1 Å². The van der Waals surface area contributed by atoms with Crippen molar-refractivity contribution in [1.29, 1.82) is 0 Å². The molecular weight excluding hydrogens is 507 g/mol. The van der Waals surface area contributed by atoms with Crippen molar-refractivity contribution < 1.29 is 18.8 Å². The zero-order valence-electron chi connectivity index (χ0n) is 17.7. The van der Waals surface area contributed by atoms with Gasteiger partial charge in [-0.25, -0.2) is 4.39 Å². The van der Waals surface area contributed by atoms with Crippen LogP contribution in [0.25, 0.3) is 0 Å². The first-order valence-corrected chi connectivity index (χ1v) is 10.9. The second-order valence-electron chi connectivity index (χ2n) is 7.34. The van der Waals surface area contributed by atoms with Crippen molar-refractivity contribution in [3.05, 3.63) is 116 Å². The molecule has 0 fully saturated rings. The first-order chi connectivity index (χ1) is 16.4. The number of nitro groups is 1. The van der Waals surface area contributed by atoms with E-state index in [1.807, 2.05) is 6.07 Å². The van der Waals surface area contributed by atoms with E-state index >= 15 is 0 Å². The highest BCUT2D eigenvalue weighted by molar-refractivity contribution is 9.10. The molecule has 4 aromatic rings. The summed E-state index contributed by atoms with van der Waals surface area (Å²) in [6.45, 7) is 0.610. The molecule has 0 bridgehead atoms. The number of nitro benzene ring substituents is 1. The largest absolute Gasteiger partial charge is 0.489 e. The molecule has 1 N–H and O–H groups in total. The lowest BCUT2D eigenvalue weighted by atomic mass is 10.1. The van der Waals surface area contributed by atoms with Gasteiger partial charge >= 0.3 is 0 Å². The summed E-state index contributed by atoms with van der Waals surface area (Å²) in [7, 11) is 0. The number of amides is 1. The van der Waals surface area contributed by atoms with Crippen molar-refractivity contribution >= 4 is 33.3 Å².